The van der Waals surface area contributed by atoms with Gasteiger partial charge < -0.3 is 5.32 Å². The van der Waals surface area contributed by atoms with E-state index in [2.05, 4.69) is 24.1 Å². The number of hydrogen-bond donors (Lipinski definition) is 1. The van der Waals surface area contributed by atoms with E-state index in [4.69, 9.17) is 0 Å². The monoisotopic (exact) mass is 348 g/mol. The lowest BCUT2D eigenvalue weighted by Gasteiger charge is -2.18. The van der Waals surface area contributed by atoms with Gasteiger partial charge in [0.15, 0.2) is 0 Å². The first-order valence-corrected chi connectivity index (χ1v) is 9.11. The highest BCUT2D eigenvalue weighted by molar-refractivity contribution is 7.83. The van der Waals surface area contributed by atoms with Crippen LogP contribution in [0.15, 0.2) is 18.2 Å². The molecule has 1 N–H and O–H groups in total. The summed E-state index contributed by atoms with van der Waals surface area (Å²) in [5.41, 5.74) is 3.17. The Labute approximate surface area is 143 Å². The highest BCUT2D eigenvalue weighted by Gasteiger charge is 2.09. The predicted octanol–water partition coefficient (Wildman–Crippen LogP) is 3.00. The van der Waals surface area contributed by atoms with Gasteiger partial charge in [-0.25, -0.2) is 0 Å². The number of halogens is 1. The highest BCUT2D eigenvalue weighted by atomic mass is 35.5. The lowest BCUT2D eigenvalue weighted by Crippen LogP contribution is -2.33. The summed E-state index contributed by atoms with van der Waals surface area (Å²) in [6, 6.07) is 6.03. The van der Waals surface area contributed by atoms with Crippen molar-refractivity contribution in [2.75, 3.05) is 37.5 Å². The Kier molecular flexibility index (Phi) is 13.4. The molecule has 6 heteroatoms. The first-order chi connectivity index (χ1) is 9.81. The van der Waals surface area contributed by atoms with Crippen LogP contribution < -0.4 is 5.32 Å². The molecule has 0 aliphatic rings. The third-order valence-electron chi connectivity index (χ3n) is 3.01. The average molecular weight is 349 g/mol. The number of carbonyl (C=O) groups excluding carboxylic acids is 1. The van der Waals surface area contributed by atoms with E-state index in [-0.39, 0.29) is 18.3 Å². The zero-order chi connectivity index (χ0) is 16.4. The minimum Gasteiger partial charge on any atom is -0.324 e. The van der Waals surface area contributed by atoms with E-state index in [9.17, 15) is 9.00 Å². The molecule has 1 aromatic carbocycles. The third-order valence-corrected chi connectivity index (χ3v) is 3.01. The molecule has 1 rings (SSSR count). The lowest BCUT2D eigenvalue weighted by atomic mass is 10.1. The molecule has 0 spiro atoms. The predicted molar refractivity (Wildman–Crippen MR) is 99.6 cm³/mol. The molecule has 0 aliphatic heterocycles. The van der Waals surface area contributed by atoms with Gasteiger partial charge in [0.1, 0.15) is 0 Å². The van der Waals surface area contributed by atoms with Gasteiger partial charge in [0.2, 0.25) is 5.91 Å². The number of aryl methyl sites for hydroxylation is 2. The van der Waals surface area contributed by atoms with Crippen LogP contribution in [0.5, 0.6) is 0 Å². The number of amides is 1. The van der Waals surface area contributed by atoms with Crippen molar-refractivity contribution in [3.63, 3.8) is 0 Å². The standard InChI is InChI=1S/C14H22N2O.C2H6OS.ClH/c1-5-16(6-2)10-13(17)15-14-11(3)8-7-9-12(14)4;1-4(2)3;/h7-9H,5-6,10H2,1-4H3,(H,15,17);1-2H3;1H. The van der Waals surface area contributed by atoms with Gasteiger partial charge in [-0.1, -0.05) is 32.0 Å². The van der Waals surface area contributed by atoms with Crippen LogP contribution in [-0.4, -0.2) is 47.2 Å². The SMILES string of the molecule is CCN(CC)CC(=O)Nc1c(C)cccc1C.CS(C)=O.Cl. The molecule has 0 saturated carbocycles. The van der Waals surface area contributed by atoms with Gasteiger partial charge >= 0.3 is 0 Å². The third kappa shape index (κ3) is 9.92. The maximum atomic E-state index is 11.9. The molecule has 0 aromatic heterocycles. The van der Waals surface area contributed by atoms with E-state index in [0.717, 1.165) is 29.9 Å². The van der Waals surface area contributed by atoms with Crippen LogP contribution >= 0.6 is 12.4 Å². The Hall–Kier alpha value is -0.910. The molecular weight excluding hydrogens is 320 g/mol. The van der Waals surface area contributed by atoms with E-state index in [1.54, 1.807) is 12.5 Å². The topological polar surface area (TPSA) is 49.4 Å². The summed E-state index contributed by atoms with van der Waals surface area (Å²) < 4.78 is 9.56. The van der Waals surface area contributed by atoms with Crippen LogP contribution in [0.4, 0.5) is 5.69 Å². The number of benzene rings is 1. The molecule has 0 bridgehead atoms. The molecule has 0 unspecified atom stereocenters. The second-order valence-corrected chi connectivity index (χ2v) is 6.50. The number of likely N-dealkylation sites (N-methyl/N-ethyl adjacent to an activating group) is 1. The normalized spacial score (nSPS) is 9.82. The molecule has 0 heterocycles. The van der Waals surface area contributed by atoms with E-state index < -0.39 is 10.8 Å². The van der Waals surface area contributed by atoms with Gasteiger partial charge in [0.25, 0.3) is 0 Å². The summed E-state index contributed by atoms with van der Waals surface area (Å²) in [5, 5.41) is 3.00. The van der Waals surface area contributed by atoms with Crippen LogP contribution in [0.25, 0.3) is 0 Å². The summed E-state index contributed by atoms with van der Waals surface area (Å²) in [6.45, 7) is 10.4. The lowest BCUT2D eigenvalue weighted by molar-refractivity contribution is -0.117. The number of nitrogens with zero attached hydrogens (tertiary/aromatic N) is 1. The van der Waals surface area contributed by atoms with E-state index in [1.807, 2.05) is 32.0 Å². The van der Waals surface area contributed by atoms with Crippen molar-refractivity contribution in [2.45, 2.75) is 27.7 Å². The van der Waals surface area contributed by atoms with Crippen LogP contribution in [0.2, 0.25) is 0 Å². The summed E-state index contributed by atoms with van der Waals surface area (Å²) in [5.74, 6) is 0.0612. The second kappa shape index (κ2) is 12.6. The summed E-state index contributed by atoms with van der Waals surface area (Å²) in [7, 11) is -0.611. The summed E-state index contributed by atoms with van der Waals surface area (Å²) >= 11 is 0. The van der Waals surface area contributed by atoms with E-state index in [1.165, 1.54) is 0 Å². The van der Waals surface area contributed by atoms with Crippen molar-refractivity contribution in [3.8, 4) is 0 Å². The molecule has 1 amide bonds. The van der Waals surface area contributed by atoms with Gasteiger partial charge in [-0.3, -0.25) is 13.9 Å². The smallest absolute Gasteiger partial charge is 0.238 e. The van der Waals surface area contributed by atoms with Crippen molar-refractivity contribution in [2.24, 2.45) is 0 Å². The number of carbonyl (C=O) groups is 1. The van der Waals surface area contributed by atoms with Crippen LogP contribution in [0.1, 0.15) is 25.0 Å². The van der Waals surface area contributed by atoms with Gasteiger partial charge in [-0.05, 0) is 38.1 Å². The largest absolute Gasteiger partial charge is 0.324 e. The Bertz CT molecular complexity index is 453. The van der Waals surface area contributed by atoms with Crippen molar-refractivity contribution in [1.29, 1.82) is 0 Å². The van der Waals surface area contributed by atoms with Crippen LogP contribution in [-0.2, 0) is 15.6 Å². The van der Waals surface area contributed by atoms with Crippen LogP contribution in [0, 0.1) is 13.8 Å². The number of hydrogen-bond acceptors (Lipinski definition) is 3. The molecule has 0 aliphatic carbocycles. The zero-order valence-electron chi connectivity index (χ0n) is 14.4. The minimum atomic E-state index is -0.611. The van der Waals surface area contributed by atoms with Crippen LogP contribution in [0.3, 0.4) is 0 Å². The zero-order valence-corrected chi connectivity index (χ0v) is 16.1. The number of para-hydroxylation sites is 1. The molecule has 22 heavy (non-hydrogen) atoms. The summed E-state index contributed by atoms with van der Waals surface area (Å²) in [4.78, 5) is 14.0. The maximum absolute atomic E-state index is 11.9. The Morgan fingerprint density at radius 1 is 1.14 bits per heavy atom. The molecule has 0 saturated heterocycles. The minimum absolute atomic E-state index is 0. The molecule has 0 radical (unpaired) electrons. The average Bonchev–Trinajstić information content (AvgIpc) is 2.40. The number of nitrogens with one attached hydrogen (secondary N) is 1. The Morgan fingerprint density at radius 3 is 1.91 bits per heavy atom. The van der Waals surface area contributed by atoms with Gasteiger partial charge in [-0.15, -0.1) is 12.4 Å². The Balaban J connectivity index is 0. The van der Waals surface area contributed by atoms with Crippen molar-refractivity contribution < 1.29 is 9.00 Å². The maximum Gasteiger partial charge on any atom is 0.238 e. The van der Waals surface area contributed by atoms with Gasteiger partial charge in [-0.2, -0.15) is 0 Å². The molecule has 0 fully saturated rings. The van der Waals surface area contributed by atoms with E-state index in [0.29, 0.717) is 6.54 Å². The quantitative estimate of drug-likeness (QED) is 0.889. The molecular formula is C16H29ClN2O2S. The number of rotatable bonds is 5. The van der Waals surface area contributed by atoms with Gasteiger partial charge in [0.05, 0.1) is 6.54 Å². The van der Waals surface area contributed by atoms with Crippen molar-refractivity contribution >= 4 is 34.8 Å². The highest BCUT2D eigenvalue weighted by Crippen LogP contribution is 2.19. The second-order valence-electron chi connectivity index (χ2n) is 5.02. The molecule has 0 atom stereocenters. The van der Waals surface area contributed by atoms with Crippen molar-refractivity contribution in [1.82, 2.24) is 4.90 Å². The fraction of sp³-hybridized carbons (Fsp3) is 0.562. The fourth-order valence-corrected chi connectivity index (χ4v) is 1.84. The molecule has 128 valence electrons. The fourth-order valence-electron chi connectivity index (χ4n) is 1.84. The molecule has 4 nitrogen and oxygen atoms in total. The van der Waals surface area contributed by atoms with E-state index >= 15 is 0 Å². The van der Waals surface area contributed by atoms with Gasteiger partial charge in [0, 0.05) is 29.0 Å². The van der Waals surface area contributed by atoms with Crippen molar-refractivity contribution in [3.05, 3.63) is 29.3 Å². The Morgan fingerprint density at radius 2 is 1.55 bits per heavy atom. The first kappa shape index (κ1) is 23.4. The number of anilines is 1. The molecule has 1 aromatic rings. The summed E-state index contributed by atoms with van der Waals surface area (Å²) in [6.07, 6.45) is 3.28. The first-order valence-electron chi connectivity index (χ1n) is 7.15.